The van der Waals surface area contributed by atoms with Gasteiger partial charge in [-0.15, -0.1) is 5.10 Å². The Morgan fingerprint density at radius 1 is 0.927 bits per heavy atom. The minimum Gasteiger partial charge on any atom is -0.478 e. The third-order valence-corrected chi connectivity index (χ3v) is 6.65. The summed E-state index contributed by atoms with van der Waals surface area (Å²) < 4.78 is 8.47. The van der Waals surface area contributed by atoms with Gasteiger partial charge >= 0.3 is 11.9 Å². The molecule has 1 aliphatic rings. The number of ether oxygens (including phenoxy) is 1. The van der Waals surface area contributed by atoms with Gasteiger partial charge in [-0.2, -0.15) is 0 Å². The van der Waals surface area contributed by atoms with Crippen molar-refractivity contribution < 1.29 is 24.5 Å². The van der Waals surface area contributed by atoms with Gasteiger partial charge in [0.2, 0.25) is 0 Å². The Kier molecular flexibility index (Phi) is 11.0. The molecule has 0 atom stereocenters. The van der Waals surface area contributed by atoms with Crippen LogP contribution in [0.2, 0.25) is 0 Å². The highest BCUT2D eigenvalue weighted by atomic mass is 16.5. The van der Waals surface area contributed by atoms with E-state index >= 15 is 0 Å². The summed E-state index contributed by atoms with van der Waals surface area (Å²) >= 11 is 0. The number of likely N-dealkylation sites (tertiary alicyclic amines) is 1. The van der Waals surface area contributed by atoms with E-state index in [9.17, 15) is 9.59 Å². The number of carboxylic acid groups (broad SMARTS) is 2. The first kappa shape index (κ1) is 29.4. The number of carbonyl (C=O) groups is 2. The predicted molar refractivity (Wildman–Crippen MR) is 156 cm³/mol. The Hall–Kier alpha value is -4.54. The smallest absolute Gasteiger partial charge is 0.328 e. The van der Waals surface area contributed by atoms with E-state index in [2.05, 4.69) is 81.0 Å². The topological polar surface area (TPSA) is 129 Å². The predicted octanol–water partition coefficient (Wildman–Crippen LogP) is 4.51. The molecule has 3 N–H and O–H groups in total. The highest BCUT2D eigenvalue weighted by molar-refractivity contribution is 5.89. The van der Waals surface area contributed by atoms with Crippen molar-refractivity contribution in [3.05, 3.63) is 108 Å². The molecule has 5 rings (SSSR count). The molecule has 0 spiro atoms. The summed E-state index contributed by atoms with van der Waals surface area (Å²) in [5.41, 5.74) is 3.31. The van der Waals surface area contributed by atoms with E-state index in [1.165, 1.54) is 11.1 Å². The van der Waals surface area contributed by atoms with Gasteiger partial charge in [0.1, 0.15) is 11.9 Å². The summed E-state index contributed by atoms with van der Waals surface area (Å²) in [4.78, 5) is 25.9. The molecule has 3 heterocycles. The summed E-state index contributed by atoms with van der Waals surface area (Å²) in [5.74, 6) is -1.62. The molecular formula is C31H35N5O5. The van der Waals surface area contributed by atoms with Gasteiger partial charge in [-0.1, -0.05) is 60.7 Å². The normalized spacial score (nSPS) is 14.2. The van der Waals surface area contributed by atoms with Crippen LogP contribution >= 0.6 is 0 Å². The number of aliphatic carboxylic acids is 2. The van der Waals surface area contributed by atoms with E-state index in [0.29, 0.717) is 12.2 Å². The Labute approximate surface area is 238 Å². The van der Waals surface area contributed by atoms with Gasteiger partial charge in [-0.3, -0.25) is 0 Å². The van der Waals surface area contributed by atoms with Crippen LogP contribution in [0.5, 0.6) is 0 Å². The fourth-order valence-corrected chi connectivity index (χ4v) is 4.64. The van der Waals surface area contributed by atoms with Crippen molar-refractivity contribution in [3.8, 4) is 0 Å². The number of hydrogen-bond donors (Lipinski definition) is 3. The number of carboxylic acids is 2. The van der Waals surface area contributed by atoms with Crippen molar-refractivity contribution in [2.24, 2.45) is 0 Å². The lowest BCUT2D eigenvalue weighted by Crippen LogP contribution is -2.38. The lowest BCUT2D eigenvalue weighted by Gasteiger charge is -2.34. The van der Waals surface area contributed by atoms with Crippen LogP contribution in [0.1, 0.15) is 36.5 Å². The van der Waals surface area contributed by atoms with Gasteiger partial charge in [0, 0.05) is 44.2 Å². The standard InChI is InChI=1S/C27H31N5O.C4H4O4/c1-3-8-22(9-4-1)27(23-10-5-2-6-11-23)33-24-14-19-31(20-15-24)18-7-16-28-25-12-13-26-29-17-21-32(26)30-25;5-3(6)1-2-4(7)8/h1-6,8-13,17,21,24,27H,7,14-16,18-20H2,(H,28,30);1-2H,(H,5,6)(H,7,8)/b;2-1+. The largest absolute Gasteiger partial charge is 0.478 e. The third kappa shape index (κ3) is 9.55. The molecule has 1 saturated heterocycles. The van der Waals surface area contributed by atoms with Crippen molar-refractivity contribution in [2.45, 2.75) is 31.5 Å². The molecule has 214 valence electrons. The van der Waals surface area contributed by atoms with Gasteiger partial charge in [0.05, 0.1) is 6.10 Å². The number of nitrogens with zero attached hydrogens (tertiary/aromatic N) is 4. The molecule has 0 amide bonds. The molecule has 1 aliphatic heterocycles. The molecule has 2 aromatic heterocycles. The van der Waals surface area contributed by atoms with Crippen LogP contribution in [0.3, 0.4) is 0 Å². The van der Waals surface area contributed by atoms with E-state index in [1.54, 1.807) is 10.7 Å². The summed E-state index contributed by atoms with van der Waals surface area (Å²) in [6.45, 7) is 4.17. The molecule has 0 radical (unpaired) electrons. The van der Waals surface area contributed by atoms with Crippen LogP contribution in [0.4, 0.5) is 5.82 Å². The van der Waals surface area contributed by atoms with Crippen LogP contribution < -0.4 is 5.32 Å². The number of piperidine rings is 1. The number of benzene rings is 2. The Morgan fingerprint density at radius 2 is 1.54 bits per heavy atom. The zero-order chi connectivity index (χ0) is 28.9. The maximum atomic E-state index is 9.55. The zero-order valence-corrected chi connectivity index (χ0v) is 22.8. The van der Waals surface area contributed by atoms with Gasteiger partial charge < -0.3 is 25.2 Å². The lowest BCUT2D eigenvalue weighted by atomic mass is 10.00. The summed E-state index contributed by atoms with van der Waals surface area (Å²) in [6, 6.07) is 25.1. The number of fused-ring (bicyclic) bond motifs is 1. The first-order valence-corrected chi connectivity index (χ1v) is 13.6. The van der Waals surface area contributed by atoms with Crippen LogP contribution in [0, 0.1) is 0 Å². The first-order chi connectivity index (χ1) is 20.0. The molecule has 2 aromatic carbocycles. The SMILES string of the molecule is O=C(O)/C=C/C(=O)O.c1ccc(C(OC2CCN(CCCNc3ccc4nccn4n3)CC2)c2ccccc2)cc1. The van der Waals surface area contributed by atoms with Crippen molar-refractivity contribution in [1.82, 2.24) is 19.5 Å². The Bertz CT molecular complexity index is 1350. The van der Waals surface area contributed by atoms with E-state index < -0.39 is 11.9 Å². The number of rotatable bonds is 11. The number of hydrogen-bond acceptors (Lipinski definition) is 7. The van der Waals surface area contributed by atoms with Gasteiger partial charge in [-0.25, -0.2) is 19.1 Å². The van der Waals surface area contributed by atoms with Gasteiger partial charge in [0.25, 0.3) is 0 Å². The second-order valence-corrected chi connectivity index (χ2v) is 9.62. The number of aromatic nitrogens is 3. The number of anilines is 1. The van der Waals surface area contributed by atoms with Gasteiger partial charge in [-0.05, 0) is 49.1 Å². The summed E-state index contributed by atoms with van der Waals surface area (Å²) in [6.07, 6.45) is 8.26. The lowest BCUT2D eigenvalue weighted by molar-refractivity contribution is -0.134. The first-order valence-electron chi connectivity index (χ1n) is 13.6. The van der Waals surface area contributed by atoms with E-state index in [1.807, 2.05) is 18.3 Å². The van der Waals surface area contributed by atoms with Crippen molar-refractivity contribution in [3.63, 3.8) is 0 Å². The Morgan fingerprint density at radius 3 is 2.12 bits per heavy atom. The third-order valence-electron chi connectivity index (χ3n) is 6.65. The summed E-state index contributed by atoms with van der Waals surface area (Å²) in [5, 5.41) is 23.6. The average molecular weight is 558 g/mol. The quantitative estimate of drug-likeness (QED) is 0.180. The van der Waals surface area contributed by atoms with Crippen LogP contribution in [0.15, 0.2) is 97.3 Å². The highest BCUT2D eigenvalue weighted by Gasteiger charge is 2.24. The molecule has 0 aliphatic carbocycles. The second-order valence-electron chi connectivity index (χ2n) is 9.62. The second kappa shape index (κ2) is 15.3. The number of nitrogens with one attached hydrogen (secondary N) is 1. The molecule has 4 aromatic rings. The fourth-order valence-electron chi connectivity index (χ4n) is 4.64. The van der Waals surface area contributed by atoms with E-state index in [4.69, 9.17) is 14.9 Å². The maximum absolute atomic E-state index is 9.55. The molecule has 0 bridgehead atoms. The molecule has 1 fully saturated rings. The number of imidazole rings is 1. The molecule has 10 nitrogen and oxygen atoms in total. The van der Waals surface area contributed by atoms with Crippen molar-refractivity contribution in [2.75, 3.05) is 31.5 Å². The zero-order valence-electron chi connectivity index (χ0n) is 22.8. The van der Waals surface area contributed by atoms with Crippen LogP contribution in [-0.4, -0.2) is 73.9 Å². The van der Waals surface area contributed by atoms with Crippen LogP contribution in [0.25, 0.3) is 5.65 Å². The average Bonchev–Trinajstić information content (AvgIpc) is 3.47. The highest BCUT2D eigenvalue weighted by Crippen LogP contribution is 2.30. The minimum atomic E-state index is -1.26. The Balaban J connectivity index is 0.000000426. The summed E-state index contributed by atoms with van der Waals surface area (Å²) in [7, 11) is 0. The molecular weight excluding hydrogens is 522 g/mol. The van der Waals surface area contributed by atoms with Crippen molar-refractivity contribution >= 4 is 23.4 Å². The van der Waals surface area contributed by atoms with E-state index in [0.717, 1.165) is 56.9 Å². The monoisotopic (exact) mass is 557 g/mol. The maximum Gasteiger partial charge on any atom is 0.328 e. The molecule has 41 heavy (non-hydrogen) atoms. The van der Waals surface area contributed by atoms with Crippen molar-refractivity contribution in [1.29, 1.82) is 0 Å². The molecule has 10 heteroatoms. The van der Waals surface area contributed by atoms with Crippen LogP contribution in [-0.2, 0) is 14.3 Å². The fraction of sp³-hybridized carbons (Fsp3) is 0.290. The molecule has 0 unspecified atom stereocenters. The minimum absolute atomic E-state index is 0.00603. The molecule has 0 saturated carbocycles. The van der Waals surface area contributed by atoms with E-state index in [-0.39, 0.29) is 12.2 Å². The van der Waals surface area contributed by atoms with Gasteiger partial charge in [0.15, 0.2) is 5.65 Å².